The molecular formula is C42H65N9O8. The number of imidazole rings is 1. The van der Waals surface area contributed by atoms with Crippen molar-refractivity contribution >= 4 is 29.9 Å². The number of hydrogen-bond acceptors (Lipinski definition) is 12. The first kappa shape index (κ1) is 46.3. The summed E-state index contributed by atoms with van der Waals surface area (Å²) in [4.78, 5) is 62.9. The highest BCUT2D eigenvalue weighted by molar-refractivity contribution is 5.91. The van der Waals surface area contributed by atoms with Crippen LogP contribution in [0.5, 0.6) is 5.75 Å². The maximum atomic E-state index is 14.5. The Labute approximate surface area is 347 Å². The summed E-state index contributed by atoms with van der Waals surface area (Å²) >= 11 is 0. The molecule has 17 heteroatoms. The number of nitrogen functional groups attached to an aromatic ring is 1. The van der Waals surface area contributed by atoms with E-state index in [1.807, 2.05) is 13.8 Å². The fourth-order valence-electron chi connectivity index (χ4n) is 7.17. The van der Waals surface area contributed by atoms with Crippen molar-refractivity contribution in [3.8, 4) is 5.75 Å². The third-order valence-electron chi connectivity index (χ3n) is 10.0. The fraction of sp³-hybridized carbons (Fsp3) is 0.643. The van der Waals surface area contributed by atoms with Crippen LogP contribution in [0.15, 0.2) is 29.0 Å². The molecular weight excluding hydrogens is 759 g/mol. The van der Waals surface area contributed by atoms with Gasteiger partial charge in [0.2, 0.25) is 17.7 Å². The smallest absolute Gasteiger partial charge is 0.408 e. The van der Waals surface area contributed by atoms with E-state index in [0.717, 1.165) is 29.5 Å². The number of carbonyl (C=O) groups excluding carboxylic acids is 4. The van der Waals surface area contributed by atoms with Gasteiger partial charge in [-0.05, 0) is 116 Å². The van der Waals surface area contributed by atoms with Crippen molar-refractivity contribution in [2.45, 2.75) is 162 Å². The van der Waals surface area contributed by atoms with Crippen LogP contribution in [0.4, 0.5) is 15.5 Å². The molecule has 3 atom stereocenters. The van der Waals surface area contributed by atoms with E-state index in [2.05, 4.69) is 31.4 Å². The second kappa shape index (κ2) is 21.1. The third-order valence-corrected chi connectivity index (χ3v) is 10.0. The minimum Gasteiger partial charge on any atom is -0.508 e. The number of rotatable bonds is 18. The van der Waals surface area contributed by atoms with Gasteiger partial charge in [0.1, 0.15) is 35.1 Å². The van der Waals surface area contributed by atoms with Gasteiger partial charge in [0, 0.05) is 38.3 Å². The highest BCUT2D eigenvalue weighted by Crippen LogP contribution is 2.27. The molecule has 1 fully saturated rings. The second-order valence-corrected chi connectivity index (χ2v) is 17.5. The van der Waals surface area contributed by atoms with Crippen LogP contribution >= 0.6 is 0 Å². The van der Waals surface area contributed by atoms with Crippen molar-refractivity contribution in [1.82, 2.24) is 41.0 Å². The lowest BCUT2D eigenvalue weighted by Crippen LogP contribution is -2.55. The van der Waals surface area contributed by atoms with Crippen LogP contribution in [0.1, 0.15) is 134 Å². The standard InChI is InChI=1S/C42H65N9O8/c1-26-22-29(52)23-27(2)30(26)25-33(47-35(53)31(48-40(56)58-42(6,7)8)17-13-20-51-21-19-44-38(51)43)36(54)46-32(16-12-18-45-39(55)57-41(3,4)5)37-49-34(50-59-37)24-28-14-10-9-11-15-28/h19,21-23,28,31-33,52H,9-18,20,24-25H2,1-8H3,(H2,43,44)(H,45,55)(H,46,54)(H,47,53)(H,48,56)/t31-,32+,33+/m1/s1. The molecule has 3 aromatic rings. The van der Waals surface area contributed by atoms with Crippen molar-refractivity contribution in [3.63, 3.8) is 0 Å². The minimum absolute atomic E-state index is 0.0595. The molecule has 2 aromatic heterocycles. The first-order valence-electron chi connectivity index (χ1n) is 20.7. The molecule has 4 amide bonds. The summed E-state index contributed by atoms with van der Waals surface area (Å²) < 4.78 is 18.4. The number of aromatic nitrogens is 4. The van der Waals surface area contributed by atoms with Crippen LogP contribution in [0.2, 0.25) is 0 Å². The number of ether oxygens (including phenoxy) is 2. The summed E-state index contributed by atoms with van der Waals surface area (Å²) in [7, 11) is 0. The van der Waals surface area contributed by atoms with Crippen LogP contribution < -0.4 is 27.0 Å². The molecule has 7 N–H and O–H groups in total. The number of phenols is 1. The van der Waals surface area contributed by atoms with Crippen LogP contribution in [0.25, 0.3) is 0 Å². The van der Waals surface area contributed by atoms with E-state index >= 15 is 0 Å². The van der Waals surface area contributed by atoms with E-state index in [1.54, 1.807) is 70.6 Å². The Morgan fingerprint density at radius 3 is 2.17 bits per heavy atom. The number of carbonyl (C=O) groups is 4. The Balaban J connectivity index is 1.60. The Kier molecular flexibility index (Phi) is 16.5. The number of hydrogen-bond donors (Lipinski definition) is 6. The Morgan fingerprint density at radius 2 is 1.54 bits per heavy atom. The molecule has 0 unspecified atom stereocenters. The van der Waals surface area contributed by atoms with E-state index in [9.17, 15) is 24.3 Å². The summed E-state index contributed by atoms with van der Waals surface area (Å²) in [6, 6.07) is 0.193. The fourth-order valence-corrected chi connectivity index (χ4v) is 7.17. The zero-order chi connectivity index (χ0) is 43.3. The molecule has 0 aliphatic heterocycles. The highest BCUT2D eigenvalue weighted by atomic mass is 16.6. The van der Waals surface area contributed by atoms with E-state index in [4.69, 9.17) is 24.7 Å². The summed E-state index contributed by atoms with van der Waals surface area (Å²) in [5, 5.41) is 26.0. The summed E-state index contributed by atoms with van der Waals surface area (Å²) in [5.41, 5.74) is 6.67. The molecule has 59 heavy (non-hydrogen) atoms. The van der Waals surface area contributed by atoms with Crippen molar-refractivity contribution in [2.24, 2.45) is 5.92 Å². The zero-order valence-electron chi connectivity index (χ0n) is 36.0. The molecule has 0 radical (unpaired) electrons. The third kappa shape index (κ3) is 15.7. The average Bonchev–Trinajstić information content (AvgIpc) is 3.77. The van der Waals surface area contributed by atoms with Gasteiger partial charge in [0.15, 0.2) is 11.8 Å². The number of alkyl carbamates (subject to hydrolysis) is 2. The average molecular weight is 824 g/mol. The van der Waals surface area contributed by atoms with Gasteiger partial charge in [-0.2, -0.15) is 4.98 Å². The van der Waals surface area contributed by atoms with Crippen molar-refractivity contribution < 1.29 is 38.3 Å². The highest BCUT2D eigenvalue weighted by Gasteiger charge is 2.32. The number of phenolic OH excluding ortho intramolecular Hbond substituents is 1. The van der Waals surface area contributed by atoms with Gasteiger partial charge in [-0.15, -0.1) is 0 Å². The molecule has 0 saturated heterocycles. The quantitative estimate of drug-likeness (QED) is 0.0828. The number of nitrogens with one attached hydrogen (secondary N) is 4. The van der Waals surface area contributed by atoms with Gasteiger partial charge < -0.3 is 50.7 Å². The second-order valence-electron chi connectivity index (χ2n) is 17.5. The van der Waals surface area contributed by atoms with Gasteiger partial charge >= 0.3 is 12.2 Å². The molecule has 1 aliphatic carbocycles. The maximum Gasteiger partial charge on any atom is 0.408 e. The molecule has 17 nitrogen and oxygen atoms in total. The molecule has 4 rings (SSSR count). The van der Waals surface area contributed by atoms with E-state index in [0.29, 0.717) is 49.9 Å². The number of nitrogens with zero attached hydrogens (tertiary/aromatic N) is 4. The molecule has 1 aromatic carbocycles. The van der Waals surface area contributed by atoms with Crippen LogP contribution in [0, 0.1) is 19.8 Å². The predicted molar refractivity (Wildman–Crippen MR) is 221 cm³/mol. The van der Waals surface area contributed by atoms with Crippen LogP contribution in [-0.2, 0) is 38.4 Å². The number of aryl methyl sites for hydroxylation is 3. The van der Waals surface area contributed by atoms with Crippen molar-refractivity contribution in [2.75, 3.05) is 12.3 Å². The van der Waals surface area contributed by atoms with Gasteiger partial charge in [-0.1, -0.05) is 37.3 Å². The topological polar surface area (TPSA) is 238 Å². The van der Waals surface area contributed by atoms with Gasteiger partial charge in [-0.25, -0.2) is 14.6 Å². The minimum atomic E-state index is -1.15. The first-order valence-corrected chi connectivity index (χ1v) is 20.7. The zero-order valence-corrected chi connectivity index (χ0v) is 36.0. The van der Waals surface area contributed by atoms with Gasteiger partial charge in [0.25, 0.3) is 0 Å². The van der Waals surface area contributed by atoms with Crippen LogP contribution in [0.3, 0.4) is 0 Å². The van der Waals surface area contributed by atoms with E-state index < -0.39 is 53.3 Å². The number of aromatic hydroxyl groups is 1. The molecule has 2 heterocycles. The molecule has 1 aliphatic rings. The Hall–Kier alpha value is -5.35. The lowest BCUT2D eigenvalue weighted by atomic mass is 9.87. The lowest BCUT2D eigenvalue weighted by molar-refractivity contribution is -0.130. The molecule has 0 bridgehead atoms. The largest absolute Gasteiger partial charge is 0.508 e. The molecule has 326 valence electrons. The summed E-state index contributed by atoms with van der Waals surface area (Å²) in [6.45, 7) is 14.8. The van der Waals surface area contributed by atoms with Gasteiger partial charge in [-0.3, -0.25) is 9.59 Å². The summed E-state index contributed by atoms with van der Waals surface area (Å²) in [5.74, 6) is 0.489. The van der Waals surface area contributed by atoms with Gasteiger partial charge in [0.05, 0.1) is 0 Å². The molecule has 1 saturated carbocycles. The normalized spacial score (nSPS) is 15.1. The number of anilines is 1. The SMILES string of the molecule is Cc1cc(O)cc(C)c1C[C@H](NC(=O)[C@@H](CCCn1ccnc1N)NC(=O)OC(C)(C)C)C(=O)N[C@@H](CCCNC(=O)OC(C)(C)C)c1nc(CC2CCCCC2)no1. The van der Waals surface area contributed by atoms with Crippen molar-refractivity contribution in [3.05, 3.63) is 52.9 Å². The Bertz CT molecular complexity index is 1830. The van der Waals surface area contributed by atoms with E-state index in [-0.39, 0.29) is 31.0 Å². The first-order chi connectivity index (χ1) is 27.8. The number of nitrogens with two attached hydrogens (primary N) is 1. The van der Waals surface area contributed by atoms with E-state index in [1.165, 1.54) is 19.3 Å². The number of benzene rings is 1. The Morgan fingerprint density at radius 1 is 0.898 bits per heavy atom. The predicted octanol–water partition coefficient (Wildman–Crippen LogP) is 5.86. The van der Waals surface area contributed by atoms with Crippen LogP contribution in [-0.4, -0.2) is 78.6 Å². The summed E-state index contributed by atoms with van der Waals surface area (Å²) in [6.07, 6.45) is 9.77. The number of amides is 4. The monoisotopic (exact) mass is 823 g/mol. The van der Waals surface area contributed by atoms with Crippen molar-refractivity contribution in [1.29, 1.82) is 0 Å². The maximum absolute atomic E-state index is 14.5. The molecule has 0 spiro atoms. The lowest BCUT2D eigenvalue weighted by Gasteiger charge is -2.27.